The zero-order valence-electron chi connectivity index (χ0n) is 11.3. The first-order valence-corrected chi connectivity index (χ1v) is 5.97. The quantitative estimate of drug-likeness (QED) is 0.868. The van der Waals surface area contributed by atoms with Crippen LogP contribution in [0.5, 0.6) is 0 Å². The maximum Gasteiger partial charge on any atom is 0.220 e. The summed E-state index contributed by atoms with van der Waals surface area (Å²) in [6.07, 6.45) is 2.42. The number of hydrogen-bond acceptors (Lipinski definition) is 3. The molecule has 1 aromatic heterocycles. The van der Waals surface area contributed by atoms with Crippen LogP contribution in [0.2, 0.25) is 0 Å². The van der Waals surface area contributed by atoms with Crippen LogP contribution >= 0.6 is 0 Å². The molecule has 0 aliphatic rings. The van der Waals surface area contributed by atoms with Gasteiger partial charge in [0.25, 0.3) is 0 Å². The summed E-state index contributed by atoms with van der Waals surface area (Å²) < 4.78 is 1.80. The van der Waals surface area contributed by atoms with Crippen molar-refractivity contribution >= 4 is 5.91 Å². The second-order valence-corrected chi connectivity index (χ2v) is 5.70. The van der Waals surface area contributed by atoms with E-state index in [2.05, 4.69) is 36.4 Å². The topological polar surface area (TPSA) is 59.8 Å². The van der Waals surface area contributed by atoms with E-state index in [0.717, 1.165) is 5.69 Å². The van der Waals surface area contributed by atoms with Crippen LogP contribution in [0.1, 0.15) is 46.7 Å². The largest absolute Gasteiger partial charge is 0.350 e. The SMILES string of the molecule is CC(C)CC(=O)NCc1cn(C(C)(C)C)nn1. The van der Waals surface area contributed by atoms with Crippen LogP contribution < -0.4 is 5.32 Å². The Morgan fingerprint density at radius 1 is 1.47 bits per heavy atom. The Morgan fingerprint density at radius 2 is 2.12 bits per heavy atom. The molecule has 1 heterocycles. The molecule has 1 amide bonds. The van der Waals surface area contributed by atoms with Gasteiger partial charge in [-0.3, -0.25) is 4.79 Å². The Labute approximate surface area is 103 Å². The van der Waals surface area contributed by atoms with Crippen LogP contribution in [0, 0.1) is 5.92 Å². The monoisotopic (exact) mass is 238 g/mol. The summed E-state index contributed by atoms with van der Waals surface area (Å²) in [5, 5.41) is 10.9. The fourth-order valence-corrected chi connectivity index (χ4v) is 1.34. The van der Waals surface area contributed by atoms with Gasteiger partial charge in [-0.15, -0.1) is 5.10 Å². The van der Waals surface area contributed by atoms with Crippen LogP contribution in [0.4, 0.5) is 0 Å². The molecular formula is C12H22N4O. The summed E-state index contributed by atoms with van der Waals surface area (Å²) in [5.41, 5.74) is 0.713. The minimum Gasteiger partial charge on any atom is -0.350 e. The third-order valence-corrected chi connectivity index (χ3v) is 2.29. The van der Waals surface area contributed by atoms with Crippen molar-refractivity contribution in [3.63, 3.8) is 0 Å². The highest BCUT2D eigenvalue weighted by molar-refractivity contribution is 5.75. The highest BCUT2D eigenvalue weighted by atomic mass is 16.1. The van der Waals surface area contributed by atoms with Crippen molar-refractivity contribution in [1.82, 2.24) is 20.3 Å². The average molecular weight is 238 g/mol. The molecule has 17 heavy (non-hydrogen) atoms. The Balaban J connectivity index is 2.48. The predicted octanol–water partition coefficient (Wildman–Crippen LogP) is 1.70. The fraction of sp³-hybridized carbons (Fsp3) is 0.750. The van der Waals surface area contributed by atoms with Crippen molar-refractivity contribution in [3.8, 4) is 0 Å². The summed E-state index contributed by atoms with van der Waals surface area (Å²) in [6.45, 7) is 10.7. The van der Waals surface area contributed by atoms with E-state index in [1.807, 2.05) is 20.0 Å². The highest BCUT2D eigenvalue weighted by Gasteiger charge is 2.15. The van der Waals surface area contributed by atoms with Gasteiger partial charge in [-0.25, -0.2) is 4.68 Å². The second kappa shape index (κ2) is 5.29. The molecule has 96 valence electrons. The predicted molar refractivity (Wildman–Crippen MR) is 66.3 cm³/mol. The van der Waals surface area contributed by atoms with Gasteiger partial charge in [-0.2, -0.15) is 0 Å². The van der Waals surface area contributed by atoms with Gasteiger partial charge < -0.3 is 5.32 Å². The summed E-state index contributed by atoms with van der Waals surface area (Å²) in [6, 6.07) is 0. The molecule has 5 nitrogen and oxygen atoms in total. The molecule has 0 aliphatic heterocycles. The highest BCUT2D eigenvalue weighted by Crippen LogP contribution is 2.11. The minimum absolute atomic E-state index is 0.0605. The van der Waals surface area contributed by atoms with E-state index in [1.165, 1.54) is 0 Å². The van der Waals surface area contributed by atoms with Crippen molar-refractivity contribution in [2.75, 3.05) is 0 Å². The van der Waals surface area contributed by atoms with E-state index < -0.39 is 0 Å². The lowest BCUT2D eigenvalue weighted by Gasteiger charge is -2.17. The third-order valence-electron chi connectivity index (χ3n) is 2.29. The number of aromatic nitrogens is 3. The number of carbonyl (C=O) groups is 1. The smallest absolute Gasteiger partial charge is 0.220 e. The number of amides is 1. The molecule has 0 saturated carbocycles. The van der Waals surface area contributed by atoms with Gasteiger partial charge in [0.1, 0.15) is 5.69 Å². The molecule has 1 N–H and O–H groups in total. The molecule has 0 aliphatic carbocycles. The summed E-state index contributed by atoms with van der Waals surface area (Å²) in [7, 11) is 0. The molecule has 0 bridgehead atoms. The van der Waals surface area contributed by atoms with Gasteiger partial charge in [-0.1, -0.05) is 19.1 Å². The molecule has 0 unspecified atom stereocenters. The van der Waals surface area contributed by atoms with Gasteiger partial charge in [-0.05, 0) is 26.7 Å². The van der Waals surface area contributed by atoms with E-state index in [0.29, 0.717) is 18.9 Å². The Hall–Kier alpha value is -1.39. The van der Waals surface area contributed by atoms with Crippen LogP contribution in [0.15, 0.2) is 6.20 Å². The van der Waals surface area contributed by atoms with Crippen LogP contribution in [-0.4, -0.2) is 20.9 Å². The standard InChI is InChI=1S/C12H22N4O/c1-9(2)6-11(17)13-7-10-8-16(15-14-10)12(3,4)5/h8-9H,6-7H2,1-5H3,(H,13,17). The van der Waals surface area contributed by atoms with Crippen LogP contribution in [-0.2, 0) is 16.9 Å². The molecule has 0 fully saturated rings. The van der Waals surface area contributed by atoms with E-state index in [9.17, 15) is 4.79 Å². The summed E-state index contributed by atoms with van der Waals surface area (Å²) in [5.74, 6) is 0.436. The molecule has 0 radical (unpaired) electrons. The molecule has 5 heteroatoms. The lowest BCUT2D eigenvalue weighted by atomic mass is 10.1. The molecule has 0 aromatic carbocycles. The van der Waals surface area contributed by atoms with Gasteiger partial charge in [0.15, 0.2) is 0 Å². The lowest BCUT2D eigenvalue weighted by molar-refractivity contribution is -0.121. The van der Waals surface area contributed by atoms with Crippen molar-refractivity contribution < 1.29 is 4.79 Å². The zero-order chi connectivity index (χ0) is 13.1. The number of carbonyl (C=O) groups excluding carboxylic acids is 1. The Bertz CT molecular complexity index is 376. The number of rotatable bonds is 4. The Kier molecular flexibility index (Phi) is 4.26. The molecular weight excluding hydrogens is 216 g/mol. The van der Waals surface area contributed by atoms with E-state index in [-0.39, 0.29) is 11.4 Å². The number of nitrogens with zero attached hydrogens (tertiary/aromatic N) is 3. The fourth-order valence-electron chi connectivity index (χ4n) is 1.34. The number of hydrogen-bond donors (Lipinski definition) is 1. The third kappa shape index (κ3) is 4.54. The first kappa shape index (κ1) is 13.7. The van der Waals surface area contributed by atoms with Crippen molar-refractivity contribution in [2.45, 2.75) is 53.1 Å². The van der Waals surface area contributed by atoms with E-state index >= 15 is 0 Å². The van der Waals surface area contributed by atoms with Crippen molar-refractivity contribution in [1.29, 1.82) is 0 Å². The van der Waals surface area contributed by atoms with E-state index in [1.54, 1.807) is 4.68 Å². The van der Waals surface area contributed by atoms with Gasteiger partial charge in [0.05, 0.1) is 18.3 Å². The number of nitrogens with one attached hydrogen (secondary N) is 1. The lowest BCUT2D eigenvalue weighted by Crippen LogP contribution is -2.24. The van der Waals surface area contributed by atoms with Gasteiger partial charge >= 0.3 is 0 Å². The maximum absolute atomic E-state index is 11.5. The first-order valence-electron chi connectivity index (χ1n) is 5.97. The van der Waals surface area contributed by atoms with Crippen molar-refractivity contribution in [3.05, 3.63) is 11.9 Å². The zero-order valence-corrected chi connectivity index (χ0v) is 11.3. The van der Waals surface area contributed by atoms with Crippen LogP contribution in [0.3, 0.4) is 0 Å². The molecule has 1 aromatic rings. The normalized spacial score (nSPS) is 11.9. The van der Waals surface area contributed by atoms with E-state index in [4.69, 9.17) is 0 Å². The van der Waals surface area contributed by atoms with Gasteiger partial charge in [0.2, 0.25) is 5.91 Å². The molecule has 0 saturated heterocycles. The Morgan fingerprint density at radius 3 is 2.59 bits per heavy atom. The van der Waals surface area contributed by atoms with Gasteiger partial charge in [0, 0.05) is 6.42 Å². The second-order valence-electron chi connectivity index (χ2n) is 5.70. The maximum atomic E-state index is 11.5. The average Bonchev–Trinajstić information content (AvgIpc) is 2.61. The first-order chi connectivity index (χ1) is 7.79. The molecule has 1 rings (SSSR count). The minimum atomic E-state index is -0.0762. The summed E-state index contributed by atoms with van der Waals surface area (Å²) in [4.78, 5) is 11.5. The molecule has 0 atom stereocenters. The van der Waals surface area contributed by atoms with Crippen molar-refractivity contribution in [2.24, 2.45) is 5.92 Å². The molecule has 0 spiro atoms. The van der Waals surface area contributed by atoms with Crippen LogP contribution in [0.25, 0.3) is 0 Å². The summed E-state index contributed by atoms with van der Waals surface area (Å²) >= 11 is 0.